The van der Waals surface area contributed by atoms with Gasteiger partial charge in [0.05, 0.1) is 13.2 Å². The van der Waals surface area contributed by atoms with E-state index in [4.69, 9.17) is 9.47 Å². The van der Waals surface area contributed by atoms with Gasteiger partial charge in [0, 0.05) is 19.7 Å². The van der Waals surface area contributed by atoms with Crippen LogP contribution >= 0.6 is 0 Å². The summed E-state index contributed by atoms with van der Waals surface area (Å²) in [6.45, 7) is 5.70. The van der Waals surface area contributed by atoms with Crippen LogP contribution in [0.2, 0.25) is 0 Å². The molecule has 1 aliphatic rings. The second-order valence-electron chi connectivity index (χ2n) is 4.71. The van der Waals surface area contributed by atoms with E-state index in [1.807, 2.05) is 11.8 Å². The molecule has 1 amide bonds. The predicted molar refractivity (Wildman–Crippen MR) is 67.0 cm³/mol. The van der Waals surface area contributed by atoms with Gasteiger partial charge in [-0.25, -0.2) is 4.79 Å². The van der Waals surface area contributed by atoms with Gasteiger partial charge in [0.25, 0.3) is 0 Å². The number of carbonyl (C=O) groups is 1. The fourth-order valence-electron chi connectivity index (χ4n) is 2.55. The predicted octanol–water partition coefficient (Wildman–Crippen LogP) is 2.67. The third-order valence-electron chi connectivity index (χ3n) is 3.51. The first kappa shape index (κ1) is 14.3. The van der Waals surface area contributed by atoms with Crippen molar-refractivity contribution >= 4 is 6.09 Å². The molecule has 0 heterocycles. The Hall–Kier alpha value is -0.770. The van der Waals surface area contributed by atoms with E-state index in [0.29, 0.717) is 31.7 Å². The van der Waals surface area contributed by atoms with E-state index >= 15 is 0 Å². The second kappa shape index (κ2) is 7.54. The molecule has 4 nitrogen and oxygen atoms in total. The van der Waals surface area contributed by atoms with Crippen LogP contribution in [0.4, 0.5) is 4.79 Å². The van der Waals surface area contributed by atoms with Crippen LogP contribution in [0.25, 0.3) is 0 Å². The molecule has 0 aromatic carbocycles. The zero-order valence-electron chi connectivity index (χ0n) is 11.3. The van der Waals surface area contributed by atoms with Crippen LogP contribution in [-0.2, 0) is 9.47 Å². The van der Waals surface area contributed by atoms with Crippen LogP contribution in [-0.4, -0.2) is 43.9 Å². The van der Waals surface area contributed by atoms with Crippen LogP contribution in [0.15, 0.2) is 0 Å². The molecule has 0 aromatic rings. The number of amides is 1. The highest BCUT2D eigenvalue weighted by atomic mass is 16.6. The number of hydrogen-bond acceptors (Lipinski definition) is 3. The molecule has 0 N–H and O–H groups in total. The monoisotopic (exact) mass is 243 g/mol. The molecule has 100 valence electrons. The fraction of sp³-hybridized carbons (Fsp3) is 0.923. The van der Waals surface area contributed by atoms with Crippen molar-refractivity contribution in [3.8, 4) is 0 Å². The molecule has 2 unspecified atom stereocenters. The lowest BCUT2D eigenvalue weighted by atomic mass is 9.85. The van der Waals surface area contributed by atoms with Crippen LogP contribution < -0.4 is 0 Å². The Kier molecular flexibility index (Phi) is 6.34. The van der Waals surface area contributed by atoms with Crippen molar-refractivity contribution in [2.45, 2.75) is 45.6 Å². The van der Waals surface area contributed by atoms with Crippen molar-refractivity contribution in [3.63, 3.8) is 0 Å². The van der Waals surface area contributed by atoms with Gasteiger partial charge in [-0.3, -0.25) is 0 Å². The number of ether oxygens (including phenoxy) is 2. The summed E-state index contributed by atoms with van der Waals surface area (Å²) in [4.78, 5) is 13.8. The summed E-state index contributed by atoms with van der Waals surface area (Å²) in [5, 5.41) is 0. The standard InChI is InChI=1S/C13H25NO3/c1-4-17-13(15)14(9-10-16-3)12-8-6-5-7-11(12)2/h11-12H,4-10H2,1-3H3. The summed E-state index contributed by atoms with van der Waals surface area (Å²) in [6.07, 6.45) is 4.58. The minimum Gasteiger partial charge on any atom is -0.450 e. The first-order chi connectivity index (χ1) is 8.20. The Bertz CT molecular complexity index is 233. The first-order valence-corrected chi connectivity index (χ1v) is 6.63. The SMILES string of the molecule is CCOC(=O)N(CCOC)C1CCCCC1C. The maximum absolute atomic E-state index is 11.9. The van der Waals surface area contributed by atoms with Crippen LogP contribution in [0.5, 0.6) is 0 Å². The van der Waals surface area contributed by atoms with Crippen molar-refractivity contribution in [3.05, 3.63) is 0 Å². The molecule has 0 radical (unpaired) electrons. The summed E-state index contributed by atoms with van der Waals surface area (Å²) >= 11 is 0. The van der Waals surface area contributed by atoms with Gasteiger partial charge < -0.3 is 14.4 Å². The highest BCUT2D eigenvalue weighted by molar-refractivity contribution is 5.68. The minimum atomic E-state index is -0.191. The molecule has 0 bridgehead atoms. The molecule has 17 heavy (non-hydrogen) atoms. The van der Waals surface area contributed by atoms with Crippen molar-refractivity contribution < 1.29 is 14.3 Å². The number of methoxy groups -OCH3 is 1. The molecular formula is C13H25NO3. The molecule has 1 aliphatic carbocycles. The summed E-state index contributed by atoms with van der Waals surface area (Å²) in [6, 6.07) is 0.318. The third-order valence-corrected chi connectivity index (χ3v) is 3.51. The Labute approximate surface area is 104 Å². The second-order valence-corrected chi connectivity index (χ2v) is 4.71. The van der Waals surface area contributed by atoms with Gasteiger partial charge in [-0.1, -0.05) is 19.8 Å². The zero-order chi connectivity index (χ0) is 12.7. The van der Waals surface area contributed by atoms with Crippen molar-refractivity contribution in [1.29, 1.82) is 0 Å². The van der Waals surface area contributed by atoms with E-state index in [1.54, 1.807) is 7.11 Å². The summed E-state index contributed by atoms with van der Waals surface area (Å²) in [7, 11) is 1.66. The molecule has 1 fully saturated rings. The maximum Gasteiger partial charge on any atom is 0.410 e. The molecule has 0 aliphatic heterocycles. The van der Waals surface area contributed by atoms with Crippen LogP contribution in [0.3, 0.4) is 0 Å². The van der Waals surface area contributed by atoms with Gasteiger partial charge in [0.15, 0.2) is 0 Å². The average molecular weight is 243 g/mol. The van der Waals surface area contributed by atoms with E-state index in [1.165, 1.54) is 19.3 Å². The Morgan fingerprint density at radius 2 is 2.06 bits per heavy atom. The van der Waals surface area contributed by atoms with Gasteiger partial charge >= 0.3 is 6.09 Å². The van der Waals surface area contributed by atoms with Gasteiger partial charge in [-0.2, -0.15) is 0 Å². The summed E-state index contributed by atoms with van der Waals surface area (Å²) < 4.78 is 10.2. The van der Waals surface area contributed by atoms with E-state index in [0.717, 1.165) is 6.42 Å². The first-order valence-electron chi connectivity index (χ1n) is 6.63. The lowest BCUT2D eigenvalue weighted by Gasteiger charge is -2.37. The number of rotatable bonds is 5. The Morgan fingerprint density at radius 1 is 1.35 bits per heavy atom. The topological polar surface area (TPSA) is 38.8 Å². The quantitative estimate of drug-likeness (QED) is 0.745. The number of nitrogens with zero attached hydrogens (tertiary/aromatic N) is 1. The molecule has 0 spiro atoms. The van der Waals surface area contributed by atoms with E-state index in [-0.39, 0.29) is 6.09 Å². The molecule has 1 rings (SSSR count). The highest BCUT2D eigenvalue weighted by Gasteiger charge is 2.30. The van der Waals surface area contributed by atoms with Gasteiger partial charge in [0.2, 0.25) is 0 Å². The normalized spacial score (nSPS) is 24.4. The lowest BCUT2D eigenvalue weighted by Crippen LogP contribution is -2.47. The van der Waals surface area contributed by atoms with Crippen LogP contribution in [0.1, 0.15) is 39.5 Å². The molecule has 1 saturated carbocycles. The minimum absolute atomic E-state index is 0.191. The summed E-state index contributed by atoms with van der Waals surface area (Å²) in [5.41, 5.74) is 0. The number of hydrogen-bond donors (Lipinski definition) is 0. The molecule has 0 saturated heterocycles. The van der Waals surface area contributed by atoms with E-state index < -0.39 is 0 Å². The lowest BCUT2D eigenvalue weighted by molar-refractivity contribution is 0.0499. The zero-order valence-corrected chi connectivity index (χ0v) is 11.3. The largest absolute Gasteiger partial charge is 0.450 e. The highest BCUT2D eigenvalue weighted by Crippen LogP contribution is 2.28. The Balaban J connectivity index is 2.62. The number of carbonyl (C=O) groups excluding carboxylic acids is 1. The Morgan fingerprint density at radius 3 is 2.65 bits per heavy atom. The van der Waals surface area contributed by atoms with Crippen molar-refractivity contribution in [2.75, 3.05) is 26.9 Å². The van der Waals surface area contributed by atoms with Gasteiger partial charge in [-0.15, -0.1) is 0 Å². The fourth-order valence-corrected chi connectivity index (χ4v) is 2.55. The van der Waals surface area contributed by atoms with E-state index in [2.05, 4.69) is 6.92 Å². The average Bonchev–Trinajstić information content (AvgIpc) is 2.32. The smallest absolute Gasteiger partial charge is 0.410 e. The molecular weight excluding hydrogens is 218 g/mol. The van der Waals surface area contributed by atoms with E-state index in [9.17, 15) is 4.79 Å². The van der Waals surface area contributed by atoms with Crippen LogP contribution in [0, 0.1) is 5.92 Å². The summed E-state index contributed by atoms with van der Waals surface area (Å²) in [5.74, 6) is 0.560. The van der Waals surface area contributed by atoms with Gasteiger partial charge in [-0.05, 0) is 25.7 Å². The maximum atomic E-state index is 11.9. The third kappa shape index (κ3) is 4.19. The van der Waals surface area contributed by atoms with Crippen molar-refractivity contribution in [2.24, 2.45) is 5.92 Å². The molecule has 2 atom stereocenters. The van der Waals surface area contributed by atoms with Gasteiger partial charge in [0.1, 0.15) is 0 Å². The molecule has 4 heteroatoms. The van der Waals surface area contributed by atoms with Crippen molar-refractivity contribution in [1.82, 2.24) is 4.90 Å². The molecule has 0 aromatic heterocycles.